The SMILES string of the molecule is CCC(C(=O)NC(C)(C)C)N(Cc1ccc(Cl)c(Cl)c1)C(=O)CN(c1cc(Cl)cc(Cl)c1)S(C)(=O)=O. The molecule has 0 aliphatic rings. The number of hydrogen-bond donors (Lipinski definition) is 1. The van der Waals surface area contributed by atoms with Gasteiger partial charge in [0.15, 0.2) is 0 Å². The maximum atomic E-state index is 13.7. The summed E-state index contributed by atoms with van der Waals surface area (Å²) in [6.45, 7) is 6.69. The quantitative estimate of drug-likeness (QED) is 0.397. The van der Waals surface area contributed by atoms with E-state index >= 15 is 0 Å². The number of hydrogen-bond acceptors (Lipinski definition) is 4. The number of carbonyl (C=O) groups excluding carboxylic acids is 2. The van der Waals surface area contributed by atoms with Gasteiger partial charge in [0.25, 0.3) is 0 Å². The molecular weight excluding hydrogens is 568 g/mol. The molecule has 0 heterocycles. The Labute approximate surface area is 232 Å². The van der Waals surface area contributed by atoms with Gasteiger partial charge in [-0.25, -0.2) is 8.42 Å². The second kappa shape index (κ2) is 12.2. The first-order valence-electron chi connectivity index (χ1n) is 11.0. The largest absolute Gasteiger partial charge is 0.350 e. The number of benzene rings is 2. The highest BCUT2D eigenvalue weighted by Gasteiger charge is 2.33. The summed E-state index contributed by atoms with van der Waals surface area (Å²) in [6.07, 6.45) is 1.26. The van der Waals surface area contributed by atoms with E-state index in [9.17, 15) is 18.0 Å². The molecule has 0 spiro atoms. The minimum atomic E-state index is -3.92. The first-order chi connectivity index (χ1) is 16.5. The molecule has 2 amide bonds. The van der Waals surface area contributed by atoms with Crippen molar-refractivity contribution >= 4 is 73.9 Å². The Bertz CT molecular complexity index is 1210. The van der Waals surface area contributed by atoms with Crippen LogP contribution in [0.5, 0.6) is 0 Å². The molecule has 12 heteroatoms. The zero-order valence-corrected chi connectivity index (χ0v) is 24.5. The summed E-state index contributed by atoms with van der Waals surface area (Å²) in [7, 11) is -3.92. The molecule has 0 fully saturated rings. The Morgan fingerprint density at radius 1 is 0.972 bits per heavy atom. The van der Waals surface area contributed by atoms with Crippen molar-refractivity contribution in [2.24, 2.45) is 0 Å². The van der Waals surface area contributed by atoms with Gasteiger partial charge < -0.3 is 10.2 Å². The van der Waals surface area contributed by atoms with Crippen molar-refractivity contribution in [3.05, 3.63) is 62.1 Å². The van der Waals surface area contributed by atoms with Gasteiger partial charge in [-0.15, -0.1) is 0 Å². The Morgan fingerprint density at radius 3 is 2.03 bits per heavy atom. The number of nitrogens with zero attached hydrogens (tertiary/aromatic N) is 2. The van der Waals surface area contributed by atoms with Crippen LogP contribution in [0.3, 0.4) is 0 Å². The van der Waals surface area contributed by atoms with E-state index in [4.69, 9.17) is 46.4 Å². The van der Waals surface area contributed by atoms with Crippen LogP contribution in [0.1, 0.15) is 39.7 Å². The van der Waals surface area contributed by atoms with Crippen LogP contribution in [0.25, 0.3) is 0 Å². The number of nitrogens with one attached hydrogen (secondary N) is 1. The molecule has 0 radical (unpaired) electrons. The molecule has 1 atom stereocenters. The molecule has 36 heavy (non-hydrogen) atoms. The van der Waals surface area contributed by atoms with Gasteiger partial charge in [-0.1, -0.05) is 59.4 Å². The highest BCUT2D eigenvalue weighted by molar-refractivity contribution is 7.92. The van der Waals surface area contributed by atoms with Crippen LogP contribution >= 0.6 is 46.4 Å². The molecule has 1 unspecified atom stereocenters. The third kappa shape index (κ3) is 8.70. The maximum Gasteiger partial charge on any atom is 0.244 e. The minimum absolute atomic E-state index is 0.000302. The molecule has 0 aliphatic heterocycles. The van der Waals surface area contributed by atoms with Gasteiger partial charge in [-0.05, 0) is 63.1 Å². The monoisotopic (exact) mass is 595 g/mol. The molecule has 0 aliphatic carbocycles. The number of rotatable bonds is 9. The van der Waals surface area contributed by atoms with Crippen LogP contribution < -0.4 is 9.62 Å². The van der Waals surface area contributed by atoms with Gasteiger partial charge in [0.05, 0.1) is 22.0 Å². The Balaban J connectivity index is 2.52. The number of carbonyl (C=O) groups is 2. The zero-order chi connectivity index (χ0) is 27.4. The molecule has 2 aromatic carbocycles. The van der Waals surface area contributed by atoms with Gasteiger partial charge in [0.1, 0.15) is 12.6 Å². The molecule has 2 rings (SSSR count). The summed E-state index contributed by atoms with van der Waals surface area (Å²) < 4.78 is 26.2. The number of halogens is 4. The van der Waals surface area contributed by atoms with E-state index < -0.39 is 34.1 Å². The van der Waals surface area contributed by atoms with Gasteiger partial charge in [-0.3, -0.25) is 13.9 Å². The molecule has 0 saturated carbocycles. The van der Waals surface area contributed by atoms with Gasteiger partial charge >= 0.3 is 0 Å². The smallest absolute Gasteiger partial charge is 0.244 e. The van der Waals surface area contributed by atoms with Crippen molar-refractivity contribution in [2.75, 3.05) is 17.1 Å². The Kier molecular flexibility index (Phi) is 10.4. The Hall–Kier alpha value is -1.71. The molecule has 7 nitrogen and oxygen atoms in total. The average Bonchev–Trinajstić information content (AvgIpc) is 2.71. The maximum absolute atomic E-state index is 13.7. The van der Waals surface area contributed by atoms with E-state index in [1.165, 1.54) is 23.1 Å². The number of anilines is 1. The van der Waals surface area contributed by atoms with Crippen molar-refractivity contribution < 1.29 is 18.0 Å². The van der Waals surface area contributed by atoms with Crippen LogP contribution in [0, 0.1) is 0 Å². The van der Waals surface area contributed by atoms with E-state index in [1.54, 1.807) is 25.1 Å². The lowest BCUT2D eigenvalue weighted by atomic mass is 10.1. The fourth-order valence-corrected chi connectivity index (χ4v) is 5.17. The van der Waals surface area contributed by atoms with Crippen molar-refractivity contribution in [1.82, 2.24) is 10.2 Å². The Morgan fingerprint density at radius 2 is 1.56 bits per heavy atom. The zero-order valence-electron chi connectivity index (χ0n) is 20.6. The van der Waals surface area contributed by atoms with Gasteiger partial charge in [0.2, 0.25) is 21.8 Å². The van der Waals surface area contributed by atoms with Crippen molar-refractivity contribution in [3.63, 3.8) is 0 Å². The van der Waals surface area contributed by atoms with Crippen LogP contribution in [0.15, 0.2) is 36.4 Å². The van der Waals surface area contributed by atoms with E-state index in [0.717, 1.165) is 10.6 Å². The molecule has 1 N–H and O–H groups in total. The minimum Gasteiger partial charge on any atom is -0.350 e. The molecular formula is C24H29Cl4N3O4S. The van der Waals surface area contributed by atoms with Gasteiger partial charge in [0, 0.05) is 22.1 Å². The summed E-state index contributed by atoms with van der Waals surface area (Å²) in [5, 5.41) is 3.95. The third-order valence-corrected chi connectivity index (χ3v) is 7.35. The van der Waals surface area contributed by atoms with Crippen molar-refractivity contribution in [2.45, 2.75) is 52.2 Å². The molecule has 0 saturated heterocycles. The summed E-state index contributed by atoms with van der Waals surface area (Å²) in [5.41, 5.74) is 0.209. The third-order valence-electron chi connectivity index (χ3n) is 5.04. The average molecular weight is 597 g/mol. The fourth-order valence-electron chi connectivity index (χ4n) is 3.50. The van der Waals surface area contributed by atoms with Crippen LogP contribution in [0.2, 0.25) is 20.1 Å². The van der Waals surface area contributed by atoms with Crippen molar-refractivity contribution in [3.8, 4) is 0 Å². The lowest BCUT2D eigenvalue weighted by Crippen LogP contribution is -2.55. The van der Waals surface area contributed by atoms with E-state index in [1.807, 2.05) is 20.8 Å². The van der Waals surface area contributed by atoms with Crippen LogP contribution in [-0.2, 0) is 26.2 Å². The number of amides is 2. The molecule has 198 valence electrons. The second-order valence-corrected chi connectivity index (χ2v) is 12.9. The molecule has 0 aromatic heterocycles. The summed E-state index contributed by atoms with van der Waals surface area (Å²) in [4.78, 5) is 28.2. The summed E-state index contributed by atoms with van der Waals surface area (Å²) in [6, 6.07) is 8.25. The lowest BCUT2D eigenvalue weighted by Gasteiger charge is -2.34. The number of sulfonamides is 1. The molecule has 2 aromatic rings. The van der Waals surface area contributed by atoms with Crippen LogP contribution in [0.4, 0.5) is 5.69 Å². The topological polar surface area (TPSA) is 86.8 Å². The summed E-state index contributed by atoms with van der Waals surface area (Å²) in [5.74, 6) is -0.964. The highest BCUT2D eigenvalue weighted by atomic mass is 35.5. The second-order valence-electron chi connectivity index (χ2n) is 9.33. The van der Waals surface area contributed by atoms with E-state index in [0.29, 0.717) is 15.6 Å². The van der Waals surface area contributed by atoms with E-state index in [2.05, 4.69) is 5.32 Å². The van der Waals surface area contributed by atoms with Crippen LogP contribution in [-0.4, -0.2) is 49.5 Å². The predicted octanol–water partition coefficient (Wildman–Crippen LogP) is 5.79. The predicted molar refractivity (Wildman–Crippen MR) is 148 cm³/mol. The highest BCUT2D eigenvalue weighted by Crippen LogP contribution is 2.28. The van der Waals surface area contributed by atoms with E-state index in [-0.39, 0.29) is 34.6 Å². The fraction of sp³-hybridized carbons (Fsp3) is 0.417. The first kappa shape index (κ1) is 30.5. The van der Waals surface area contributed by atoms with Crippen molar-refractivity contribution in [1.29, 1.82) is 0 Å². The summed E-state index contributed by atoms with van der Waals surface area (Å²) >= 11 is 24.4. The standard InChI is InChI=1S/C24H29Cl4N3O4S/c1-6-21(23(33)29-24(2,3)4)30(13-15-7-8-19(27)20(28)9-15)22(32)14-31(36(5,34)35)18-11-16(25)10-17(26)12-18/h7-12,21H,6,13-14H2,1-5H3,(H,29,33). The molecule has 0 bridgehead atoms. The lowest BCUT2D eigenvalue weighted by molar-refractivity contribution is -0.141. The first-order valence-corrected chi connectivity index (χ1v) is 14.4. The normalized spacial score (nSPS) is 12.7. The van der Waals surface area contributed by atoms with Gasteiger partial charge in [-0.2, -0.15) is 0 Å².